The van der Waals surface area contributed by atoms with Crippen LogP contribution in [0.4, 0.5) is 5.69 Å². The molecule has 104 valence electrons. The predicted octanol–water partition coefficient (Wildman–Crippen LogP) is 2.74. The number of rotatable bonds is 2. The van der Waals surface area contributed by atoms with Gasteiger partial charge in [-0.15, -0.1) is 0 Å². The molecule has 5 nitrogen and oxygen atoms in total. The van der Waals surface area contributed by atoms with Crippen LogP contribution in [0.2, 0.25) is 0 Å². The van der Waals surface area contributed by atoms with Gasteiger partial charge in [0.15, 0.2) is 6.61 Å². The van der Waals surface area contributed by atoms with Gasteiger partial charge in [-0.3, -0.25) is 9.48 Å². The normalized spacial score (nSPS) is 13.7. The molecule has 0 saturated carbocycles. The number of hydrogen-bond donors (Lipinski definition) is 1. The number of anilines is 1. The summed E-state index contributed by atoms with van der Waals surface area (Å²) in [5.41, 5.74) is 3.69. The topological polar surface area (TPSA) is 56.2 Å². The maximum absolute atomic E-state index is 11.4. The summed E-state index contributed by atoms with van der Waals surface area (Å²) in [4.78, 5) is 11.4. The third-order valence-electron chi connectivity index (χ3n) is 3.28. The lowest BCUT2D eigenvalue weighted by Crippen LogP contribution is -2.25. The minimum atomic E-state index is -0.132. The Morgan fingerprint density at radius 1 is 1.50 bits per heavy atom. The fourth-order valence-corrected chi connectivity index (χ4v) is 3.17. The Morgan fingerprint density at radius 3 is 3.00 bits per heavy atom. The molecule has 1 aliphatic heterocycles. The highest BCUT2D eigenvalue weighted by Gasteiger charge is 2.19. The first-order valence-corrected chi connectivity index (χ1v) is 7.18. The van der Waals surface area contributed by atoms with Crippen molar-refractivity contribution in [2.24, 2.45) is 7.05 Å². The number of halogens is 1. The molecule has 0 spiro atoms. The Hall–Kier alpha value is -1.82. The van der Waals surface area contributed by atoms with E-state index in [1.54, 1.807) is 0 Å². The number of nitrogens with zero attached hydrogens (tertiary/aromatic N) is 2. The summed E-state index contributed by atoms with van der Waals surface area (Å²) in [6.07, 6.45) is 0.860. The van der Waals surface area contributed by atoms with Crippen molar-refractivity contribution in [1.82, 2.24) is 9.78 Å². The highest BCUT2D eigenvalue weighted by atomic mass is 79.9. The number of carbonyl (C=O) groups excluding carboxylic acids is 1. The van der Waals surface area contributed by atoms with Gasteiger partial charge in [0.05, 0.1) is 21.5 Å². The molecular formula is C14H14BrN3O2. The molecule has 2 heterocycles. The number of aromatic nitrogens is 2. The van der Waals surface area contributed by atoms with E-state index in [1.807, 2.05) is 29.9 Å². The Kier molecular flexibility index (Phi) is 3.25. The standard InChI is InChI=1S/C14H14BrN3O2/c1-3-9-13(15)14(18(2)17-9)8-4-5-11-10(6-8)16-12(19)7-20-11/h4-6H,3,7H2,1-2H3,(H,16,19). The zero-order valence-electron chi connectivity index (χ0n) is 11.2. The first-order chi connectivity index (χ1) is 9.60. The first-order valence-electron chi connectivity index (χ1n) is 6.38. The molecule has 0 radical (unpaired) electrons. The van der Waals surface area contributed by atoms with Crippen molar-refractivity contribution in [1.29, 1.82) is 0 Å². The Bertz CT molecular complexity index is 694. The van der Waals surface area contributed by atoms with E-state index in [9.17, 15) is 4.79 Å². The molecule has 1 aromatic heterocycles. The van der Waals surface area contributed by atoms with E-state index >= 15 is 0 Å². The van der Waals surface area contributed by atoms with E-state index in [0.717, 1.165) is 27.8 Å². The van der Waals surface area contributed by atoms with E-state index in [-0.39, 0.29) is 12.5 Å². The van der Waals surface area contributed by atoms with Crippen LogP contribution >= 0.6 is 15.9 Å². The lowest BCUT2D eigenvalue weighted by Gasteiger charge is -2.18. The molecule has 1 N–H and O–H groups in total. The molecule has 0 saturated heterocycles. The molecule has 6 heteroatoms. The summed E-state index contributed by atoms with van der Waals surface area (Å²) in [7, 11) is 1.91. The molecule has 1 aliphatic rings. The van der Waals surface area contributed by atoms with E-state index < -0.39 is 0 Å². The monoisotopic (exact) mass is 335 g/mol. The van der Waals surface area contributed by atoms with Crippen molar-refractivity contribution in [3.63, 3.8) is 0 Å². The number of carbonyl (C=O) groups is 1. The largest absolute Gasteiger partial charge is 0.482 e. The van der Waals surface area contributed by atoms with Gasteiger partial charge in [-0.2, -0.15) is 5.10 Å². The minimum Gasteiger partial charge on any atom is -0.482 e. The van der Waals surface area contributed by atoms with Crippen LogP contribution in [0, 0.1) is 0 Å². The first kappa shape index (κ1) is 13.2. The highest BCUT2D eigenvalue weighted by molar-refractivity contribution is 9.10. The summed E-state index contributed by atoms with van der Waals surface area (Å²) in [5.74, 6) is 0.565. The van der Waals surface area contributed by atoms with Crippen molar-refractivity contribution >= 4 is 27.5 Å². The predicted molar refractivity (Wildman–Crippen MR) is 79.8 cm³/mol. The number of amides is 1. The Morgan fingerprint density at radius 2 is 2.30 bits per heavy atom. The number of fused-ring (bicyclic) bond motifs is 1. The summed E-state index contributed by atoms with van der Waals surface area (Å²) in [6.45, 7) is 2.14. The van der Waals surface area contributed by atoms with Crippen molar-refractivity contribution in [2.45, 2.75) is 13.3 Å². The highest BCUT2D eigenvalue weighted by Crippen LogP contribution is 2.36. The van der Waals surface area contributed by atoms with Gasteiger partial charge < -0.3 is 10.1 Å². The summed E-state index contributed by atoms with van der Waals surface area (Å²) in [5, 5.41) is 7.30. The maximum atomic E-state index is 11.4. The van der Waals surface area contributed by atoms with E-state index in [4.69, 9.17) is 4.74 Å². The molecule has 20 heavy (non-hydrogen) atoms. The van der Waals surface area contributed by atoms with Gasteiger partial charge in [0.25, 0.3) is 5.91 Å². The number of aryl methyl sites for hydroxylation is 2. The van der Waals surface area contributed by atoms with Gasteiger partial charge in [-0.1, -0.05) is 6.92 Å². The van der Waals surface area contributed by atoms with Crippen LogP contribution in [0.3, 0.4) is 0 Å². The van der Waals surface area contributed by atoms with Gasteiger partial charge in [0, 0.05) is 12.6 Å². The van der Waals surface area contributed by atoms with Crippen LogP contribution in [0.25, 0.3) is 11.3 Å². The van der Waals surface area contributed by atoms with Crippen molar-refractivity contribution in [3.05, 3.63) is 28.4 Å². The number of nitrogens with one attached hydrogen (secondary N) is 1. The molecule has 0 unspecified atom stereocenters. The summed E-state index contributed by atoms with van der Waals surface area (Å²) >= 11 is 3.60. The molecule has 0 bridgehead atoms. The van der Waals surface area contributed by atoms with Crippen LogP contribution in [-0.4, -0.2) is 22.3 Å². The number of ether oxygens (including phenoxy) is 1. The van der Waals surface area contributed by atoms with Crippen molar-refractivity contribution in [3.8, 4) is 17.0 Å². The van der Waals surface area contributed by atoms with E-state index in [0.29, 0.717) is 11.4 Å². The summed E-state index contributed by atoms with van der Waals surface area (Å²) < 4.78 is 8.20. The van der Waals surface area contributed by atoms with Gasteiger partial charge in [0.2, 0.25) is 0 Å². The molecule has 3 rings (SSSR count). The Labute approximate surface area is 125 Å². The second-order valence-electron chi connectivity index (χ2n) is 4.63. The molecule has 0 fully saturated rings. The van der Waals surface area contributed by atoms with Crippen LogP contribution < -0.4 is 10.1 Å². The molecule has 1 aromatic carbocycles. The zero-order chi connectivity index (χ0) is 14.3. The van der Waals surface area contributed by atoms with Crippen LogP contribution in [0.5, 0.6) is 5.75 Å². The second kappa shape index (κ2) is 4.94. The quantitative estimate of drug-likeness (QED) is 0.917. The van der Waals surface area contributed by atoms with Gasteiger partial charge >= 0.3 is 0 Å². The molecule has 2 aromatic rings. The molecule has 1 amide bonds. The zero-order valence-corrected chi connectivity index (χ0v) is 12.8. The minimum absolute atomic E-state index is 0.0712. The molecule has 0 aliphatic carbocycles. The smallest absolute Gasteiger partial charge is 0.262 e. The van der Waals surface area contributed by atoms with Gasteiger partial charge in [-0.25, -0.2) is 0 Å². The lowest BCUT2D eigenvalue weighted by molar-refractivity contribution is -0.118. The van der Waals surface area contributed by atoms with Crippen LogP contribution in [0.1, 0.15) is 12.6 Å². The van der Waals surface area contributed by atoms with Crippen LogP contribution in [0.15, 0.2) is 22.7 Å². The number of benzene rings is 1. The fourth-order valence-electron chi connectivity index (χ4n) is 2.32. The van der Waals surface area contributed by atoms with Crippen molar-refractivity contribution < 1.29 is 9.53 Å². The molecular weight excluding hydrogens is 322 g/mol. The van der Waals surface area contributed by atoms with Crippen LogP contribution in [-0.2, 0) is 18.3 Å². The maximum Gasteiger partial charge on any atom is 0.262 e. The molecule has 0 atom stereocenters. The SMILES string of the molecule is CCc1nn(C)c(-c2ccc3c(c2)NC(=O)CO3)c1Br. The lowest BCUT2D eigenvalue weighted by atomic mass is 10.1. The third kappa shape index (κ3) is 2.10. The van der Waals surface area contributed by atoms with Gasteiger partial charge in [-0.05, 0) is 40.5 Å². The van der Waals surface area contributed by atoms with E-state index in [2.05, 4.69) is 33.3 Å². The Balaban J connectivity index is 2.09. The summed E-state index contributed by atoms with van der Waals surface area (Å²) in [6, 6.07) is 5.75. The fraction of sp³-hybridized carbons (Fsp3) is 0.286. The van der Waals surface area contributed by atoms with Crippen molar-refractivity contribution in [2.75, 3.05) is 11.9 Å². The third-order valence-corrected chi connectivity index (χ3v) is 4.11. The average molecular weight is 336 g/mol. The van der Waals surface area contributed by atoms with Gasteiger partial charge in [0.1, 0.15) is 5.75 Å². The average Bonchev–Trinajstić information content (AvgIpc) is 2.72. The van der Waals surface area contributed by atoms with E-state index in [1.165, 1.54) is 0 Å². The number of hydrogen-bond acceptors (Lipinski definition) is 3. The second-order valence-corrected chi connectivity index (χ2v) is 5.43.